The van der Waals surface area contributed by atoms with Gasteiger partial charge in [-0.3, -0.25) is 0 Å². The van der Waals surface area contributed by atoms with Crippen LogP contribution < -0.4 is 16.0 Å². The summed E-state index contributed by atoms with van der Waals surface area (Å²) in [4.78, 5) is 11.2. The van der Waals surface area contributed by atoms with Crippen LogP contribution in [0.2, 0.25) is 0 Å². The molecule has 0 radical (unpaired) electrons. The Kier molecular flexibility index (Phi) is 9.21. The van der Waals surface area contributed by atoms with Gasteiger partial charge in [0.1, 0.15) is 0 Å². The van der Waals surface area contributed by atoms with Gasteiger partial charge in [0.2, 0.25) is 0 Å². The lowest BCUT2D eigenvalue weighted by atomic mass is 10.2. The maximum Gasteiger partial charge on any atom is 0.314 e. The van der Waals surface area contributed by atoms with Gasteiger partial charge in [-0.15, -0.1) is 0 Å². The second kappa shape index (κ2) is 9.73. The topological polar surface area (TPSA) is 62.4 Å². The van der Waals surface area contributed by atoms with Crippen molar-refractivity contribution in [2.45, 2.75) is 13.8 Å². The van der Waals surface area contributed by atoms with Crippen molar-refractivity contribution >= 4 is 6.03 Å². The molecule has 5 nitrogen and oxygen atoms in total. The Balaban J connectivity index is 3.17. The molecular weight excluding hydrogens is 194 g/mol. The van der Waals surface area contributed by atoms with Gasteiger partial charge in [0, 0.05) is 33.3 Å². The summed E-state index contributed by atoms with van der Waals surface area (Å²) in [5.74, 6) is 0.482. The van der Waals surface area contributed by atoms with Crippen LogP contribution in [0.25, 0.3) is 0 Å². The standard InChI is InChI=1S/C10H23N3O2/c1-9(2)8-13-10(14)12-5-4-11-6-7-15-3/h9,11H,4-8H2,1-3H3,(H2,12,13,14). The first-order valence-corrected chi connectivity index (χ1v) is 5.38. The first-order chi connectivity index (χ1) is 7.16. The van der Waals surface area contributed by atoms with Gasteiger partial charge in [-0.05, 0) is 5.92 Å². The van der Waals surface area contributed by atoms with E-state index in [1.165, 1.54) is 0 Å². The first-order valence-electron chi connectivity index (χ1n) is 5.38. The van der Waals surface area contributed by atoms with E-state index >= 15 is 0 Å². The molecule has 5 heteroatoms. The van der Waals surface area contributed by atoms with E-state index in [4.69, 9.17) is 4.74 Å². The van der Waals surface area contributed by atoms with Gasteiger partial charge in [-0.1, -0.05) is 13.8 Å². The second-order valence-corrected chi connectivity index (χ2v) is 3.77. The molecule has 0 aromatic carbocycles. The molecule has 0 unspecified atom stereocenters. The van der Waals surface area contributed by atoms with E-state index in [9.17, 15) is 4.79 Å². The van der Waals surface area contributed by atoms with E-state index in [1.54, 1.807) is 7.11 Å². The summed E-state index contributed by atoms with van der Waals surface area (Å²) in [5, 5.41) is 8.68. The van der Waals surface area contributed by atoms with Crippen LogP contribution in [0.15, 0.2) is 0 Å². The van der Waals surface area contributed by atoms with E-state index in [1.807, 2.05) is 0 Å². The van der Waals surface area contributed by atoms with Crippen molar-refractivity contribution in [2.24, 2.45) is 5.92 Å². The molecule has 0 aliphatic rings. The zero-order valence-electron chi connectivity index (χ0n) is 9.93. The van der Waals surface area contributed by atoms with Gasteiger partial charge in [0.05, 0.1) is 6.61 Å². The summed E-state index contributed by atoms with van der Waals surface area (Å²) in [6.45, 7) is 7.74. The minimum Gasteiger partial charge on any atom is -0.383 e. The Morgan fingerprint density at radius 3 is 2.53 bits per heavy atom. The van der Waals surface area contributed by atoms with E-state index in [2.05, 4.69) is 29.8 Å². The molecule has 0 rings (SSSR count). The van der Waals surface area contributed by atoms with E-state index in [0.717, 1.165) is 13.1 Å². The average molecular weight is 217 g/mol. The predicted molar refractivity (Wildman–Crippen MR) is 61.0 cm³/mol. The van der Waals surface area contributed by atoms with Crippen LogP contribution in [-0.2, 0) is 4.74 Å². The third-order valence-corrected chi connectivity index (χ3v) is 1.74. The van der Waals surface area contributed by atoms with Gasteiger partial charge in [0.25, 0.3) is 0 Å². The number of hydrogen-bond acceptors (Lipinski definition) is 3. The SMILES string of the molecule is COCCNCCNC(=O)NCC(C)C. The summed E-state index contributed by atoms with van der Waals surface area (Å²) >= 11 is 0. The molecule has 0 atom stereocenters. The van der Waals surface area contributed by atoms with Crippen LogP contribution in [0.5, 0.6) is 0 Å². The van der Waals surface area contributed by atoms with Gasteiger partial charge in [0.15, 0.2) is 0 Å². The molecule has 0 heterocycles. The molecule has 90 valence electrons. The van der Waals surface area contributed by atoms with Gasteiger partial charge < -0.3 is 20.7 Å². The largest absolute Gasteiger partial charge is 0.383 e. The summed E-state index contributed by atoms with van der Waals surface area (Å²) in [5.41, 5.74) is 0. The van der Waals surface area contributed by atoms with Crippen molar-refractivity contribution in [1.82, 2.24) is 16.0 Å². The maximum atomic E-state index is 11.2. The summed E-state index contributed by atoms with van der Waals surface area (Å²) in [7, 11) is 1.67. The molecule has 0 aliphatic carbocycles. The number of methoxy groups -OCH3 is 1. The van der Waals surface area contributed by atoms with Crippen molar-refractivity contribution in [1.29, 1.82) is 0 Å². The molecule has 15 heavy (non-hydrogen) atoms. The van der Waals surface area contributed by atoms with E-state index < -0.39 is 0 Å². The molecule has 0 aromatic rings. The Bertz CT molecular complexity index is 163. The fourth-order valence-electron chi connectivity index (χ4n) is 0.923. The Morgan fingerprint density at radius 2 is 1.93 bits per heavy atom. The number of carbonyl (C=O) groups is 1. The lowest BCUT2D eigenvalue weighted by Crippen LogP contribution is -2.40. The Hall–Kier alpha value is -0.810. The molecule has 0 aromatic heterocycles. The highest BCUT2D eigenvalue weighted by molar-refractivity contribution is 5.73. The van der Waals surface area contributed by atoms with E-state index in [0.29, 0.717) is 25.6 Å². The molecule has 0 fully saturated rings. The molecule has 0 aliphatic heterocycles. The minimum atomic E-state index is -0.0998. The zero-order valence-corrected chi connectivity index (χ0v) is 9.93. The molecule has 0 spiro atoms. The second-order valence-electron chi connectivity index (χ2n) is 3.77. The monoisotopic (exact) mass is 217 g/mol. The molecule has 0 saturated carbocycles. The third-order valence-electron chi connectivity index (χ3n) is 1.74. The lowest BCUT2D eigenvalue weighted by molar-refractivity contribution is 0.199. The molecule has 2 amide bonds. The van der Waals surface area contributed by atoms with Crippen LogP contribution in [-0.4, -0.2) is 45.9 Å². The van der Waals surface area contributed by atoms with Crippen LogP contribution in [0.4, 0.5) is 4.79 Å². The number of amides is 2. The predicted octanol–water partition coefficient (Wildman–Crippen LogP) is 0.178. The molecule has 0 saturated heterocycles. The van der Waals surface area contributed by atoms with Crippen molar-refractivity contribution in [3.63, 3.8) is 0 Å². The summed E-state index contributed by atoms with van der Waals surface area (Å²) < 4.78 is 4.87. The Labute approximate surface area is 91.9 Å². The van der Waals surface area contributed by atoms with Crippen LogP contribution in [0.3, 0.4) is 0 Å². The van der Waals surface area contributed by atoms with E-state index in [-0.39, 0.29) is 6.03 Å². The summed E-state index contributed by atoms with van der Waals surface area (Å²) in [6.07, 6.45) is 0. The number of rotatable bonds is 8. The number of ether oxygens (including phenoxy) is 1. The maximum absolute atomic E-state index is 11.2. The minimum absolute atomic E-state index is 0.0998. The first kappa shape index (κ1) is 14.2. The molecule has 0 bridgehead atoms. The van der Waals surface area contributed by atoms with Crippen LogP contribution in [0.1, 0.15) is 13.8 Å². The fraction of sp³-hybridized carbons (Fsp3) is 0.900. The average Bonchev–Trinajstić information content (AvgIpc) is 2.20. The number of carbonyl (C=O) groups excluding carboxylic acids is 1. The van der Waals surface area contributed by atoms with Gasteiger partial charge >= 0.3 is 6.03 Å². The van der Waals surface area contributed by atoms with Gasteiger partial charge in [-0.25, -0.2) is 4.79 Å². The molecular formula is C10H23N3O2. The normalized spacial score (nSPS) is 10.4. The molecule has 3 N–H and O–H groups in total. The summed E-state index contributed by atoms with van der Waals surface area (Å²) in [6, 6.07) is -0.0998. The van der Waals surface area contributed by atoms with Crippen molar-refractivity contribution < 1.29 is 9.53 Å². The highest BCUT2D eigenvalue weighted by Gasteiger charge is 1.99. The van der Waals surface area contributed by atoms with Crippen LogP contribution >= 0.6 is 0 Å². The third kappa shape index (κ3) is 11.1. The number of nitrogens with one attached hydrogen (secondary N) is 3. The smallest absolute Gasteiger partial charge is 0.314 e. The Morgan fingerprint density at radius 1 is 1.20 bits per heavy atom. The zero-order chi connectivity index (χ0) is 11.5. The van der Waals surface area contributed by atoms with Crippen molar-refractivity contribution in [3.8, 4) is 0 Å². The van der Waals surface area contributed by atoms with Gasteiger partial charge in [-0.2, -0.15) is 0 Å². The lowest BCUT2D eigenvalue weighted by Gasteiger charge is -2.09. The van der Waals surface area contributed by atoms with Crippen LogP contribution in [0, 0.1) is 5.92 Å². The highest BCUT2D eigenvalue weighted by atomic mass is 16.5. The quantitative estimate of drug-likeness (QED) is 0.508. The number of urea groups is 1. The fourth-order valence-corrected chi connectivity index (χ4v) is 0.923. The number of hydrogen-bond donors (Lipinski definition) is 3. The van der Waals surface area contributed by atoms with Crippen molar-refractivity contribution in [2.75, 3.05) is 39.9 Å². The highest BCUT2D eigenvalue weighted by Crippen LogP contribution is 1.85. The van der Waals surface area contributed by atoms with Crippen molar-refractivity contribution in [3.05, 3.63) is 0 Å².